The molecule has 3 heteroatoms. The van der Waals surface area contributed by atoms with Crippen LogP contribution in [0.4, 0.5) is 0 Å². The highest BCUT2D eigenvalue weighted by molar-refractivity contribution is 5.85. The molecule has 1 aliphatic carbocycles. The highest BCUT2D eigenvalue weighted by atomic mass is 16.3. The Hall–Kier alpha value is -2.52. The number of phenolic OH excluding ortho intramolecular Hbond substituents is 1. The molecule has 138 valence electrons. The van der Waals surface area contributed by atoms with Gasteiger partial charge in [0.05, 0.1) is 0 Å². The third-order valence-electron chi connectivity index (χ3n) is 6.45. The number of fused-ring (bicyclic) bond motifs is 3. The van der Waals surface area contributed by atoms with Crippen LogP contribution in [0.15, 0.2) is 54.6 Å². The van der Waals surface area contributed by atoms with Crippen molar-refractivity contribution in [2.45, 2.75) is 38.1 Å². The normalized spacial score (nSPS) is 25.2. The second-order valence-electron chi connectivity index (χ2n) is 8.13. The SMILES string of the molecule is CC1CC(C2CC(c3ccccc3O)=CCN2)Cc2c1[nH]c1ccccc21. The van der Waals surface area contributed by atoms with E-state index in [0.717, 1.165) is 24.9 Å². The lowest BCUT2D eigenvalue weighted by molar-refractivity contribution is 0.306. The Labute approximate surface area is 160 Å². The molecular weight excluding hydrogens is 332 g/mol. The minimum atomic E-state index is 0.389. The molecule has 2 aromatic carbocycles. The first-order valence-electron chi connectivity index (χ1n) is 10.0. The fourth-order valence-corrected chi connectivity index (χ4v) is 5.11. The number of H-pyrrole nitrogens is 1. The smallest absolute Gasteiger partial charge is 0.123 e. The van der Waals surface area contributed by atoms with E-state index in [0.29, 0.717) is 23.6 Å². The molecule has 0 fully saturated rings. The maximum Gasteiger partial charge on any atom is 0.123 e. The van der Waals surface area contributed by atoms with E-state index in [4.69, 9.17) is 0 Å². The second-order valence-corrected chi connectivity index (χ2v) is 8.13. The van der Waals surface area contributed by atoms with E-state index in [9.17, 15) is 5.11 Å². The number of hydrogen-bond donors (Lipinski definition) is 3. The largest absolute Gasteiger partial charge is 0.507 e. The molecule has 0 radical (unpaired) electrons. The Bertz CT molecular complexity index is 1020. The third-order valence-corrected chi connectivity index (χ3v) is 6.45. The maximum absolute atomic E-state index is 10.3. The molecule has 1 aliphatic heterocycles. The number of nitrogens with one attached hydrogen (secondary N) is 2. The molecule has 0 spiro atoms. The number of para-hydroxylation sites is 2. The summed E-state index contributed by atoms with van der Waals surface area (Å²) in [4.78, 5) is 3.67. The van der Waals surface area contributed by atoms with E-state index in [1.165, 1.54) is 34.2 Å². The summed E-state index contributed by atoms with van der Waals surface area (Å²) >= 11 is 0. The summed E-state index contributed by atoms with van der Waals surface area (Å²) in [6, 6.07) is 16.9. The van der Waals surface area contributed by atoms with E-state index in [2.05, 4.69) is 47.6 Å². The number of phenols is 1. The van der Waals surface area contributed by atoms with Gasteiger partial charge in [0.25, 0.3) is 0 Å². The van der Waals surface area contributed by atoms with Crippen molar-refractivity contribution in [3.05, 3.63) is 71.4 Å². The van der Waals surface area contributed by atoms with Gasteiger partial charge in [-0.05, 0) is 54.4 Å². The molecule has 3 aromatic rings. The average Bonchev–Trinajstić information content (AvgIpc) is 3.08. The lowest BCUT2D eigenvalue weighted by atomic mass is 9.74. The van der Waals surface area contributed by atoms with Crippen LogP contribution in [0.5, 0.6) is 5.75 Å². The van der Waals surface area contributed by atoms with Gasteiger partial charge in [0.15, 0.2) is 0 Å². The van der Waals surface area contributed by atoms with Crippen LogP contribution in [-0.4, -0.2) is 22.7 Å². The summed E-state index contributed by atoms with van der Waals surface area (Å²) in [7, 11) is 0. The van der Waals surface area contributed by atoms with Gasteiger partial charge >= 0.3 is 0 Å². The van der Waals surface area contributed by atoms with Gasteiger partial charge in [-0.3, -0.25) is 0 Å². The van der Waals surface area contributed by atoms with Crippen LogP contribution < -0.4 is 5.32 Å². The van der Waals surface area contributed by atoms with Crippen LogP contribution >= 0.6 is 0 Å². The summed E-state index contributed by atoms with van der Waals surface area (Å²) in [6.07, 6.45) is 5.53. The first-order valence-corrected chi connectivity index (χ1v) is 10.0. The van der Waals surface area contributed by atoms with Crippen LogP contribution in [-0.2, 0) is 6.42 Å². The van der Waals surface area contributed by atoms with Crippen molar-refractivity contribution in [1.82, 2.24) is 10.3 Å². The molecule has 2 aliphatic rings. The molecule has 0 saturated heterocycles. The minimum absolute atomic E-state index is 0.389. The average molecular weight is 358 g/mol. The molecule has 2 heterocycles. The standard InChI is InChI=1S/C24H26N2O/c1-15-12-17(13-20-19-7-2-4-8-21(19)26-24(15)20)22-14-16(10-11-25-22)18-6-3-5-9-23(18)27/h2-10,15,17,22,25-27H,11-14H2,1H3. The van der Waals surface area contributed by atoms with Gasteiger partial charge in [-0.2, -0.15) is 0 Å². The molecule has 3 unspecified atom stereocenters. The van der Waals surface area contributed by atoms with Gasteiger partial charge in [-0.15, -0.1) is 0 Å². The Balaban J connectivity index is 1.43. The summed E-state index contributed by atoms with van der Waals surface area (Å²) in [5, 5.41) is 15.4. The number of rotatable bonds is 2. The van der Waals surface area contributed by atoms with Crippen molar-refractivity contribution < 1.29 is 5.11 Å². The number of aromatic amines is 1. The Morgan fingerprint density at radius 1 is 1.00 bits per heavy atom. The van der Waals surface area contributed by atoms with Gasteiger partial charge in [-0.25, -0.2) is 0 Å². The molecule has 3 N–H and O–H groups in total. The molecule has 3 nitrogen and oxygen atoms in total. The number of benzene rings is 2. The molecule has 27 heavy (non-hydrogen) atoms. The Morgan fingerprint density at radius 2 is 1.81 bits per heavy atom. The molecule has 1 aromatic heterocycles. The zero-order chi connectivity index (χ0) is 18.4. The van der Waals surface area contributed by atoms with Crippen LogP contribution in [0, 0.1) is 5.92 Å². The highest BCUT2D eigenvalue weighted by Crippen LogP contribution is 2.41. The monoisotopic (exact) mass is 358 g/mol. The zero-order valence-corrected chi connectivity index (χ0v) is 15.7. The van der Waals surface area contributed by atoms with Gasteiger partial charge in [0.1, 0.15) is 5.75 Å². The quantitative estimate of drug-likeness (QED) is 0.605. The highest BCUT2D eigenvalue weighted by Gasteiger charge is 2.33. The predicted molar refractivity (Wildman–Crippen MR) is 111 cm³/mol. The topological polar surface area (TPSA) is 48.0 Å². The fourth-order valence-electron chi connectivity index (χ4n) is 5.11. The first-order chi connectivity index (χ1) is 13.2. The van der Waals surface area contributed by atoms with Crippen molar-refractivity contribution in [2.24, 2.45) is 5.92 Å². The van der Waals surface area contributed by atoms with Gasteiger partial charge in [0, 0.05) is 34.7 Å². The van der Waals surface area contributed by atoms with Crippen molar-refractivity contribution >= 4 is 16.5 Å². The summed E-state index contributed by atoms with van der Waals surface area (Å²) in [6.45, 7) is 3.23. The van der Waals surface area contributed by atoms with E-state index < -0.39 is 0 Å². The van der Waals surface area contributed by atoms with Crippen LogP contribution in [0.3, 0.4) is 0 Å². The molecular formula is C24H26N2O. The molecule has 3 atom stereocenters. The number of aromatic hydroxyl groups is 1. The van der Waals surface area contributed by atoms with Crippen LogP contribution in [0.25, 0.3) is 16.5 Å². The van der Waals surface area contributed by atoms with Gasteiger partial charge in [-0.1, -0.05) is 49.4 Å². The maximum atomic E-state index is 10.3. The lowest BCUT2D eigenvalue weighted by Crippen LogP contribution is -2.41. The van der Waals surface area contributed by atoms with Crippen LogP contribution in [0.1, 0.15) is 42.5 Å². The van der Waals surface area contributed by atoms with Crippen molar-refractivity contribution in [2.75, 3.05) is 6.54 Å². The molecule has 5 rings (SSSR count). The molecule has 0 amide bonds. The summed E-state index contributed by atoms with van der Waals surface area (Å²) in [5.41, 5.74) is 6.46. The minimum Gasteiger partial charge on any atom is -0.507 e. The third kappa shape index (κ3) is 2.87. The fraction of sp³-hybridized carbons (Fsp3) is 0.333. The van der Waals surface area contributed by atoms with E-state index in [1.54, 1.807) is 6.07 Å². The predicted octanol–water partition coefficient (Wildman–Crippen LogP) is 4.98. The van der Waals surface area contributed by atoms with Crippen molar-refractivity contribution in [3.8, 4) is 5.75 Å². The number of aromatic nitrogens is 1. The first kappa shape index (κ1) is 16.6. The van der Waals surface area contributed by atoms with Gasteiger partial charge in [0.2, 0.25) is 0 Å². The Kier molecular flexibility index (Phi) is 4.05. The lowest BCUT2D eigenvalue weighted by Gasteiger charge is -2.36. The zero-order valence-electron chi connectivity index (χ0n) is 15.7. The Morgan fingerprint density at radius 3 is 2.70 bits per heavy atom. The summed E-state index contributed by atoms with van der Waals surface area (Å²) < 4.78 is 0. The van der Waals surface area contributed by atoms with Crippen molar-refractivity contribution in [3.63, 3.8) is 0 Å². The van der Waals surface area contributed by atoms with E-state index in [1.807, 2.05) is 18.2 Å². The van der Waals surface area contributed by atoms with Crippen molar-refractivity contribution in [1.29, 1.82) is 0 Å². The van der Waals surface area contributed by atoms with Crippen LogP contribution in [0.2, 0.25) is 0 Å². The van der Waals surface area contributed by atoms with E-state index >= 15 is 0 Å². The summed E-state index contributed by atoms with van der Waals surface area (Å²) in [5.74, 6) is 1.55. The molecule has 0 saturated carbocycles. The second kappa shape index (κ2) is 6.58. The van der Waals surface area contributed by atoms with E-state index in [-0.39, 0.29) is 0 Å². The van der Waals surface area contributed by atoms with Gasteiger partial charge < -0.3 is 15.4 Å². The molecule has 0 bridgehead atoms. The number of hydrogen-bond acceptors (Lipinski definition) is 2.